The van der Waals surface area contributed by atoms with Crippen LogP contribution in [0, 0.1) is 0 Å². The molecule has 1 aromatic carbocycles. The number of ketones is 1. The van der Waals surface area contributed by atoms with E-state index in [1.165, 1.54) is 12.1 Å². The summed E-state index contributed by atoms with van der Waals surface area (Å²) in [6.07, 6.45) is -0.256. The molecule has 1 aliphatic carbocycles. The molecule has 0 saturated heterocycles. The Kier molecular flexibility index (Phi) is 3.41. The minimum Gasteiger partial charge on any atom is -0.406 e. The zero-order valence-corrected chi connectivity index (χ0v) is 9.46. The number of Topliss-reactive ketones (excluding diaryl/α,β-unsaturated/α-hetero) is 1. The number of allylic oxidation sites excluding steroid dienone is 2. The highest BCUT2D eigenvalue weighted by Gasteiger charge is 2.31. The Balaban J connectivity index is 2.10. The number of halogens is 3. The molecule has 2 rings (SSSR count). The SMILES string of the molecule is O=C(C1=CCCC1)c1ccc(OC(F)(F)F)cc1. The summed E-state index contributed by atoms with van der Waals surface area (Å²) in [5.41, 5.74) is 1.12. The third-order valence-electron chi connectivity index (χ3n) is 2.68. The van der Waals surface area contributed by atoms with Gasteiger partial charge >= 0.3 is 6.36 Å². The highest BCUT2D eigenvalue weighted by atomic mass is 19.4. The Bertz CT molecular complexity index is 472. The van der Waals surface area contributed by atoms with Crippen LogP contribution in [-0.2, 0) is 0 Å². The van der Waals surface area contributed by atoms with Crippen molar-refractivity contribution >= 4 is 5.78 Å². The molecule has 0 amide bonds. The smallest absolute Gasteiger partial charge is 0.406 e. The van der Waals surface area contributed by atoms with Crippen LogP contribution in [-0.4, -0.2) is 12.1 Å². The summed E-state index contributed by atoms with van der Waals surface area (Å²) in [4.78, 5) is 11.9. The van der Waals surface area contributed by atoms with Gasteiger partial charge in [0.25, 0.3) is 0 Å². The lowest BCUT2D eigenvalue weighted by Crippen LogP contribution is -2.17. The second-order valence-electron chi connectivity index (χ2n) is 4.02. The van der Waals surface area contributed by atoms with Crippen molar-refractivity contribution in [2.24, 2.45) is 0 Å². The summed E-state index contributed by atoms with van der Waals surface area (Å²) in [5, 5.41) is 0. The van der Waals surface area contributed by atoms with Crippen LogP contribution in [0.4, 0.5) is 13.2 Å². The summed E-state index contributed by atoms with van der Waals surface area (Å²) in [7, 11) is 0. The van der Waals surface area contributed by atoms with Gasteiger partial charge in [-0.3, -0.25) is 4.79 Å². The van der Waals surface area contributed by atoms with Crippen molar-refractivity contribution in [3.63, 3.8) is 0 Å². The Morgan fingerprint density at radius 2 is 1.83 bits per heavy atom. The molecule has 0 spiro atoms. The van der Waals surface area contributed by atoms with Gasteiger partial charge in [0, 0.05) is 5.56 Å². The minimum atomic E-state index is -4.71. The summed E-state index contributed by atoms with van der Waals surface area (Å²) in [5.74, 6) is -0.439. The number of benzene rings is 1. The Hall–Kier alpha value is -1.78. The van der Waals surface area contributed by atoms with E-state index in [0.29, 0.717) is 5.56 Å². The maximum Gasteiger partial charge on any atom is 0.573 e. The van der Waals surface area contributed by atoms with E-state index >= 15 is 0 Å². The van der Waals surface area contributed by atoms with Crippen molar-refractivity contribution in [3.05, 3.63) is 41.5 Å². The molecule has 0 bridgehead atoms. The fourth-order valence-electron chi connectivity index (χ4n) is 1.87. The van der Waals surface area contributed by atoms with Gasteiger partial charge in [0.2, 0.25) is 0 Å². The number of rotatable bonds is 3. The largest absolute Gasteiger partial charge is 0.573 e. The molecule has 0 aromatic heterocycles. The molecule has 0 heterocycles. The van der Waals surface area contributed by atoms with Crippen molar-refractivity contribution in [1.82, 2.24) is 0 Å². The number of hydrogen-bond donors (Lipinski definition) is 0. The Morgan fingerprint density at radius 3 is 2.33 bits per heavy atom. The number of carbonyl (C=O) groups is 1. The van der Waals surface area contributed by atoms with Gasteiger partial charge in [0.1, 0.15) is 5.75 Å². The first-order valence-electron chi connectivity index (χ1n) is 5.55. The summed E-state index contributed by atoms with van der Waals surface area (Å²) in [6, 6.07) is 5.00. The number of ether oxygens (including phenoxy) is 1. The first kappa shape index (κ1) is 12.7. The molecule has 0 N–H and O–H groups in total. The molecular formula is C13H11F3O2. The maximum absolute atomic E-state index is 11.9. The minimum absolute atomic E-state index is 0.119. The lowest BCUT2D eigenvalue weighted by Gasteiger charge is -2.09. The van der Waals surface area contributed by atoms with Gasteiger partial charge in [-0.15, -0.1) is 13.2 Å². The molecule has 0 radical (unpaired) electrons. The van der Waals surface area contributed by atoms with E-state index in [1.54, 1.807) is 0 Å². The molecule has 18 heavy (non-hydrogen) atoms. The highest BCUT2D eigenvalue weighted by molar-refractivity contribution is 6.08. The van der Waals surface area contributed by atoms with Crippen LogP contribution in [0.5, 0.6) is 5.75 Å². The van der Waals surface area contributed by atoms with E-state index in [4.69, 9.17) is 0 Å². The lowest BCUT2D eigenvalue weighted by atomic mass is 10.0. The van der Waals surface area contributed by atoms with E-state index in [9.17, 15) is 18.0 Å². The normalized spacial score (nSPS) is 15.4. The molecule has 0 fully saturated rings. The van der Waals surface area contributed by atoms with Crippen LogP contribution >= 0.6 is 0 Å². The third kappa shape index (κ3) is 3.12. The quantitative estimate of drug-likeness (QED) is 0.767. The van der Waals surface area contributed by atoms with Crippen LogP contribution < -0.4 is 4.74 Å². The summed E-state index contributed by atoms with van der Waals surface area (Å²) in [6.45, 7) is 0. The first-order chi connectivity index (χ1) is 8.46. The number of hydrogen-bond acceptors (Lipinski definition) is 2. The predicted octanol–water partition coefficient (Wildman–Crippen LogP) is 3.88. The number of carbonyl (C=O) groups excluding carboxylic acids is 1. The van der Waals surface area contributed by atoms with E-state index in [2.05, 4.69) is 4.74 Å². The monoisotopic (exact) mass is 256 g/mol. The van der Waals surface area contributed by atoms with Crippen LogP contribution in [0.25, 0.3) is 0 Å². The molecular weight excluding hydrogens is 245 g/mol. The Morgan fingerprint density at radius 1 is 1.17 bits per heavy atom. The van der Waals surface area contributed by atoms with Gasteiger partial charge in [-0.1, -0.05) is 6.08 Å². The molecule has 0 aliphatic heterocycles. The topological polar surface area (TPSA) is 26.3 Å². The molecule has 0 unspecified atom stereocenters. The van der Waals surface area contributed by atoms with Gasteiger partial charge in [0.15, 0.2) is 5.78 Å². The van der Waals surface area contributed by atoms with Gasteiger partial charge in [-0.25, -0.2) is 0 Å². The van der Waals surface area contributed by atoms with E-state index in [-0.39, 0.29) is 11.5 Å². The molecule has 5 heteroatoms. The van der Waals surface area contributed by atoms with Crippen molar-refractivity contribution in [2.45, 2.75) is 25.6 Å². The fraction of sp³-hybridized carbons (Fsp3) is 0.308. The van der Waals surface area contributed by atoms with Crippen LogP contribution in [0.3, 0.4) is 0 Å². The van der Waals surface area contributed by atoms with E-state index in [1.807, 2.05) is 6.08 Å². The average Bonchev–Trinajstić information content (AvgIpc) is 2.80. The standard InChI is InChI=1S/C13H11F3O2/c14-13(15,16)18-11-7-5-10(6-8-11)12(17)9-3-1-2-4-9/h3,5-8H,1-2,4H2. The van der Waals surface area contributed by atoms with Crippen molar-refractivity contribution in [3.8, 4) is 5.75 Å². The fourth-order valence-corrected chi connectivity index (χ4v) is 1.87. The second kappa shape index (κ2) is 4.84. The molecule has 0 saturated carbocycles. The maximum atomic E-state index is 11.9. The van der Waals surface area contributed by atoms with Crippen LogP contribution in [0.2, 0.25) is 0 Å². The molecule has 1 aliphatic rings. The average molecular weight is 256 g/mol. The van der Waals surface area contributed by atoms with Gasteiger partial charge in [-0.05, 0) is 49.1 Å². The van der Waals surface area contributed by atoms with Gasteiger partial charge in [0.05, 0.1) is 0 Å². The highest BCUT2D eigenvalue weighted by Crippen LogP contribution is 2.25. The third-order valence-corrected chi connectivity index (χ3v) is 2.68. The van der Waals surface area contributed by atoms with Gasteiger partial charge in [-0.2, -0.15) is 0 Å². The summed E-state index contributed by atoms with van der Waals surface area (Å²) >= 11 is 0. The van der Waals surface area contributed by atoms with Crippen LogP contribution in [0.1, 0.15) is 29.6 Å². The Labute approximate surface area is 102 Å². The van der Waals surface area contributed by atoms with Gasteiger partial charge < -0.3 is 4.74 Å². The zero-order valence-electron chi connectivity index (χ0n) is 9.46. The second-order valence-corrected chi connectivity index (χ2v) is 4.02. The summed E-state index contributed by atoms with van der Waals surface area (Å²) < 4.78 is 39.6. The zero-order chi connectivity index (χ0) is 13.2. The first-order valence-corrected chi connectivity index (χ1v) is 5.55. The van der Waals surface area contributed by atoms with E-state index in [0.717, 1.165) is 37.0 Å². The molecule has 2 nitrogen and oxygen atoms in total. The van der Waals surface area contributed by atoms with Crippen molar-refractivity contribution in [1.29, 1.82) is 0 Å². The van der Waals surface area contributed by atoms with Crippen molar-refractivity contribution < 1.29 is 22.7 Å². The molecule has 1 aromatic rings. The molecule has 0 atom stereocenters. The predicted molar refractivity (Wildman–Crippen MR) is 59.4 cm³/mol. The number of alkyl halides is 3. The van der Waals surface area contributed by atoms with Crippen LogP contribution in [0.15, 0.2) is 35.9 Å². The lowest BCUT2D eigenvalue weighted by molar-refractivity contribution is -0.274. The van der Waals surface area contributed by atoms with Crippen molar-refractivity contribution in [2.75, 3.05) is 0 Å². The molecule has 96 valence electrons. The van der Waals surface area contributed by atoms with E-state index < -0.39 is 6.36 Å².